The van der Waals surface area contributed by atoms with Crippen molar-refractivity contribution in [1.82, 2.24) is 4.90 Å². The maximum atomic E-state index is 11.8. The van der Waals surface area contributed by atoms with E-state index in [0.29, 0.717) is 13.1 Å². The van der Waals surface area contributed by atoms with E-state index >= 15 is 0 Å². The van der Waals surface area contributed by atoms with Crippen LogP contribution in [-0.2, 0) is 4.79 Å². The minimum absolute atomic E-state index is 0.194. The summed E-state index contributed by atoms with van der Waals surface area (Å²) in [6.45, 7) is 11.2. The molecule has 1 fully saturated rings. The van der Waals surface area contributed by atoms with Gasteiger partial charge in [0.25, 0.3) is 0 Å². The van der Waals surface area contributed by atoms with Crippen molar-refractivity contribution in [2.45, 2.75) is 53.6 Å². The van der Waals surface area contributed by atoms with Crippen LogP contribution in [0.25, 0.3) is 0 Å². The van der Waals surface area contributed by atoms with Crippen LogP contribution in [0.5, 0.6) is 0 Å². The molecule has 1 N–H and O–H groups in total. The summed E-state index contributed by atoms with van der Waals surface area (Å²) in [6, 6.07) is 0. The number of carbonyl (C=O) groups excluding carboxylic acids is 1. The van der Waals surface area contributed by atoms with Gasteiger partial charge in [0.05, 0.1) is 6.10 Å². The first-order chi connectivity index (χ1) is 6.91. The molecule has 0 spiro atoms. The zero-order valence-electron chi connectivity index (χ0n) is 10.7. The van der Waals surface area contributed by atoms with Crippen molar-refractivity contribution >= 4 is 5.91 Å². The molecule has 0 saturated carbocycles. The van der Waals surface area contributed by atoms with Crippen LogP contribution in [0.15, 0.2) is 0 Å². The van der Waals surface area contributed by atoms with Crippen molar-refractivity contribution in [3.63, 3.8) is 0 Å². The maximum Gasteiger partial charge on any atom is 0.227 e. The summed E-state index contributed by atoms with van der Waals surface area (Å²) >= 11 is 0. The van der Waals surface area contributed by atoms with Crippen molar-refractivity contribution in [3.05, 3.63) is 0 Å². The summed E-state index contributed by atoms with van der Waals surface area (Å²) in [5.41, 5.74) is -0.289. The van der Waals surface area contributed by atoms with E-state index in [0.717, 1.165) is 12.8 Å². The Morgan fingerprint density at radius 3 is 1.93 bits per heavy atom. The van der Waals surface area contributed by atoms with Crippen LogP contribution in [0, 0.1) is 5.41 Å². The first-order valence-corrected chi connectivity index (χ1v) is 5.88. The molecular weight excluding hydrogens is 190 g/mol. The highest BCUT2D eigenvalue weighted by Gasteiger charge is 2.29. The van der Waals surface area contributed by atoms with Gasteiger partial charge in [-0.3, -0.25) is 4.79 Å². The van der Waals surface area contributed by atoms with Crippen molar-refractivity contribution in [2.24, 2.45) is 5.41 Å². The second kappa shape index (κ2) is 6.11. The highest BCUT2D eigenvalue weighted by Crippen LogP contribution is 2.20. The predicted octanol–water partition coefficient (Wildman–Crippen LogP) is 2.04. The van der Waals surface area contributed by atoms with E-state index in [1.807, 2.05) is 39.5 Å². The first-order valence-electron chi connectivity index (χ1n) is 5.88. The van der Waals surface area contributed by atoms with E-state index in [9.17, 15) is 9.90 Å². The monoisotopic (exact) mass is 215 g/mol. The highest BCUT2D eigenvalue weighted by atomic mass is 16.3. The lowest BCUT2D eigenvalue weighted by atomic mass is 9.93. The molecule has 1 aliphatic heterocycles. The van der Waals surface area contributed by atoms with E-state index in [-0.39, 0.29) is 17.4 Å². The number of rotatable bonds is 0. The summed E-state index contributed by atoms with van der Waals surface area (Å²) in [6.07, 6.45) is 1.24. The lowest BCUT2D eigenvalue weighted by molar-refractivity contribution is -0.141. The predicted molar refractivity (Wildman–Crippen MR) is 62.6 cm³/mol. The Morgan fingerprint density at radius 2 is 1.60 bits per heavy atom. The third kappa shape index (κ3) is 4.65. The minimum Gasteiger partial charge on any atom is -0.393 e. The zero-order valence-corrected chi connectivity index (χ0v) is 10.7. The van der Waals surface area contributed by atoms with Crippen LogP contribution in [0.2, 0.25) is 0 Å². The molecule has 0 aromatic heterocycles. The molecule has 1 amide bonds. The van der Waals surface area contributed by atoms with Gasteiger partial charge in [0, 0.05) is 18.5 Å². The number of nitrogens with zero attached hydrogens (tertiary/aromatic N) is 1. The van der Waals surface area contributed by atoms with Crippen molar-refractivity contribution < 1.29 is 9.90 Å². The van der Waals surface area contributed by atoms with E-state index in [4.69, 9.17) is 0 Å². The molecule has 1 heterocycles. The summed E-state index contributed by atoms with van der Waals surface area (Å²) in [7, 11) is 0. The molecule has 1 aliphatic rings. The minimum atomic E-state index is -0.289. The Bertz CT molecular complexity index is 188. The summed E-state index contributed by atoms with van der Waals surface area (Å²) < 4.78 is 0. The lowest BCUT2D eigenvalue weighted by Gasteiger charge is -2.34. The second-order valence-electron chi connectivity index (χ2n) is 4.77. The van der Waals surface area contributed by atoms with Crippen LogP contribution in [-0.4, -0.2) is 35.1 Å². The quantitative estimate of drug-likeness (QED) is 0.672. The van der Waals surface area contributed by atoms with Crippen LogP contribution < -0.4 is 0 Å². The van der Waals surface area contributed by atoms with Crippen molar-refractivity contribution in [2.75, 3.05) is 13.1 Å². The van der Waals surface area contributed by atoms with E-state index < -0.39 is 0 Å². The number of hydrogen-bond acceptors (Lipinski definition) is 2. The SMILES string of the molecule is CC.CC(C)(C)C(=O)N1CCC(O)CC1. The van der Waals surface area contributed by atoms with Gasteiger partial charge < -0.3 is 10.0 Å². The topological polar surface area (TPSA) is 40.5 Å². The smallest absolute Gasteiger partial charge is 0.227 e. The number of aliphatic hydroxyl groups is 1. The maximum absolute atomic E-state index is 11.8. The van der Waals surface area contributed by atoms with Gasteiger partial charge in [-0.2, -0.15) is 0 Å². The third-order valence-corrected chi connectivity index (χ3v) is 2.39. The zero-order chi connectivity index (χ0) is 12.1. The number of hydrogen-bond donors (Lipinski definition) is 1. The number of likely N-dealkylation sites (tertiary alicyclic amines) is 1. The molecule has 0 radical (unpaired) electrons. The molecular formula is C12H25NO2. The summed E-state index contributed by atoms with van der Waals surface area (Å²) in [5, 5.41) is 9.27. The van der Waals surface area contributed by atoms with Gasteiger partial charge >= 0.3 is 0 Å². The molecule has 0 unspecified atom stereocenters. The van der Waals surface area contributed by atoms with Crippen LogP contribution in [0.3, 0.4) is 0 Å². The standard InChI is InChI=1S/C10H19NO2.C2H6/c1-10(2,3)9(13)11-6-4-8(12)5-7-11;1-2/h8,12H,4-7H2,1-3H3;1-2H3. The molecule has 0 bridgehead atoms. The van der Waals surface area contributed by atoms with Gasteiger partial charge in [-0.15, -0.1) is 0 Å². The molecule has 0 aromatic carbocycles. The Labute approximate surface area is 93.5 Å². The van der Waals surface area contributed by atoms with E-state index in [1.54, 1.807) is 0 Å². The number of aliphatic hydroxyl groups excluding tert-OH is 1. The average Bonchev–Trinajstić information content (AvgIpc) is 2.20. The van der Waals surface area contributed by atoms with Gasteiger partial charge in [-0.05, 0) is 12.8 Å². The van der Waals surface area contributed by atoms with Crippen LogP contribution in [0.1, 0.15) is 47.5 Å². The normalized spacial score (nSPS) is 18.1. The van der Waals surface area contributed by atoms with Gasteiger partial charge in [-0.1, -0.05) is 34.6 Å². The lowest BCUT2D eigenvalue weighted by Crippen LogP contribution is -2.45. The highest BCUT2D eigenvalue weighted by molar-refractivity contribution is 5.81. The molecule has 1 rings (SSSR count). The summed E-state index contributed by atoms with van der Waals surface area (Å²) in [4.78, 5) is 13.6. The Morgan fingerprint density at radius 1 is 1.20 bits per heavy atom. The second-order valence-corrected chi connectivity index (χ2v) is 4.77. The van der Waals surface area contributed by atoms with Gasteiger partial charge in [0.2, 0.25) is 5.91 Å². The largest absolute Gasteiger partial charge is 0.393 e. The number of carbonyl (C=O) groups is 1. The van der Waals surface area contributed by atoms with E-state index in [2.05, 4.69) is 0 Å². The summed E-state index contributed by atoms with van der Waals surface area (Å²) in [5.74, 6) is 0.194. The Kier molecular flexibility index (Phi) is 5.88. The molecule has 3 heteroatoms. The molecule has 0 aliphatic carbocycles. The Hall–Kier alpha value is -0.570. The van der Waals surface area contributed by atoms with Crippen molar-refractivity contribution in [1.29, 1.82) is 0 Å². The number of amides is 1. The van der Waals surface area contributed by atoms with Crippen molar-refractivity contribution in [3.8, 4) is 0 Å². The van der Waals surface area contributed by atoms with Gasteiger partial charge in [-0.25, -0.2) is 0 Å². The van der Waals surface area contributed by atoms with Crippen LogP contribution in [0.4, 0.5) is 0 Å². The molecule has 3 nitrogen and oxygen atoms in total. The van der Waals surface area contributed by atoms with Gasteiger partial charge in [0.1, 0.15) is 0 Å². The fourth-order valence-electron chi connectivity index (χ4n) is 1.54. The van der Waals surface area contributed by atoms with Gasteiger partial charge in [0.15, 0.2) is 0 Å². The molecule has 90 valence electrons. The number of piperidine rings is 1. The average molecular weight is 215 g/mol. The third-order valence-electron chi connectivity index (χ3n) is 2.39. The van der Waals surface area contributed by atoms with Crippen LogP contribution >= 0.6 is 0 Å². The molecule has 1 saturated heterocycles. The fraction of sp³-hybridized carbons (Fsp3) is 0.917. The Balaban J connectivity index is 0.000000921. The molecule has 0 aromatic rings. The fourth-order valence-corrected chi connectivity index (χ4v) is 1.54. The molecule has 0 atom stereocenters. The van der Waals surface area contributed by atoms with E-state index in [1.165, 1.54) is 0 Å². The first kappa shape index (κ1) is 14.4. The molecule has 15 heavy (non-hydrogen) atoms.